The van der Waals surface area contributed by atoms with E-state index in [1.165, 1.54) is 17.0 Å². The Morgan fingerprint density at radius 2 is 2.12 bits per heavy atom. The molecule has 0 aliphatic carbocycles. The van der Waals surface area contributed by atoms with Gasteiger partial charge in [0.05, 0.1) is 28.1 Å². The van der Waals surface area contributed by atoms with E-state index >= 15 is 0 Å². The molecule has 7 heteroatoms. The Balaban J connectivity index is 1.60. The van der Waals surface area contributed by atoms with Crippen LogP contribution >= 0.6 is 11.3 Å². The number of fused-ring (bicyclic) bond motifs is 6. The van der Waals surface area contributed by atoms with Gasteiger partial charge in [0.1, 0.15) is 4.88 Å². The molecular weight excluding hydrogens is 334 g/mol. The minimum absolute atomic E-state index is 0.101. The molecule has 2 bridgehead atoms. The number of hydrogen-bond acceptors (Lipinski definition) is 5. The van der Waals surface area contributed by atoms with Crippen molar-refractivity contribution in [2.45, 2.75) is 52.1 Å². The fraction of sp³-hybridized carbons (Fsp3) is 0.444. The lowest BCUT2D eigenvalue weighted by molar-refractivity contribution is 0.0647. The second-order valence-corrected chi connectivity index (χ2v) is 8.23. The fourth-order valence-electron chi connectivity index (χ4n) is 4.36. The molecule has 0 radical (unpaired) electrons. The Bertz CT molecular complexity index is 1020. The van der Waals surface area contributed by atoms with E-state index in [-0.39, 0.29) is 18.0 Å². The van der Waals surface area contributed by atoms with Crippen LogP contribution in [-0.4, -0.2) is 36.4 Å². The van der Waals surface area contributed by atoms with Gasteiger partial charge in [-0.25, -0.2) is 14.5 Å². The molecule has 5 heterocycles. The van der Waals surface area contributed by atoms with Crippen molar-refractivity contribution in [1.82, 2.24) is 24.5 Å². The van der Waals surface area contributed by atoms with Crippen molar-refractivity contribution < 1.29 is 4.79 Å². The summed E-state index contributed by atoms with van der Waals surface area (Å²) < 4.78 is 1.97. The average molecular weight is 353 g/mol. The second kappa shape index (κ2) is 5.11. The number of carbonyl (C=O) groups is 1. The minimum atomic E-state index is 0.101. The Morgan fingerprint density at radius 1 is 1.28 bits per heavy atom. The van der Waals surface area contributed by atoms with Crippen LogP contribution in [0, 0.1) is 20.8 Å². The van der Waals surface area contributed by atoms with E-state index in [9.17, 15) is 4.79 Å². The first kappa shape index (κ1) is 15.0. The largest absolute Gasteiger partial charge is 0.327 e. The van der Waals surface area contributed by atoms with Crippen molar-refractivity contribution in [2.24, 2.45) is 0 Å². The summed E-state index contributed by atoms with van der Waals surface area (Å²) in [6.07, 6.45) is 4.81. The molecule has 2 aliphatic heterocycles. The summed E-state index contributed by atoms with van der Waals surface area (Å²) in [6.45, 7) is 5.87. The summed E-state index contributed by atoms with van der Waals surface area (Å²) in [5.74, 6) is 0.123. The first-order valence-corrected chi connectivity index (χ1v) is 9.45. The number of aromatic nitrogens is 4. The number of thiazole rings is 1. The highest BCUT2D eigenvalue weighted by Gasteiger charge is 2.44. The molecule has 0 aromatic carbocycles. The number of nitrogens with zero attached hydrogens (tertiary/aromatic N) is 5. The molecule has 6 nitrogen and oxygen atoms in total. The third-order valence-electron chi connectivity index (χ3n) is 5.36. The Morgan fingerprint density at radius 3 is 2.88 bits per heavy atom. The predicted octanol–water partition coefficient (Wildman–Crippen LogP) is 3.01. The molecule has 2 unspecified atom stereocenters. The molecule has 0 saturated carbocycles. The van der Waals surface area contributed by atoms with Crippen LogP contribution in [0.1, 0.15) is 56.2 Å². The van der Waals surface area contributed by atoms with Crippen molar-refractivity contribution in [3.05, 3.63) is 44.8 Å². The number of aryl methyl sites for hydroxylation is 3. The molecule has 2 atom stereocenters. The Kier molecular flexibility index (Phi) is 3.07. The molecular formula is C18H19N5OS. The van der Waals surface area contributed by atoms with Gasteiger partial charge in [-0.05, 0) is 33.6 Å². The molecule has 0 spiro atoms. The van der Waals surface area contributed by atoms with E-state index in [1.54, 1.807) is 0 Å². The molecule has 1 saturated heterocycles. The van der Waals surface area contributed by atoms with Gasteiger partial charge in [0.25, 0.3) is 5.91 Å². The number of amides is 1. The van der Waals surface area contributed by atoms with Gasteiger partial charge in [-0.2, -0.15) is 5.10 Å². The summed E-state index contributed by atoms with van der Waals surface area (Å²) in [7, 11) is 0. The van der Waals surface area contributed by atoms with Gasteiger partial charge in [-0.15, -0.1) is 11.3 Å². The molecule has 0 N–H and O–H groups in total. The van der Waals surface area contributed by atoms with Crippen molar-refractivity contribution in [3.63, 3.8) is 0 Å². The molecule has 128 valence electrons. The van der Waals surface area contributed by atoms with Gasteiger partial charge in [-0.1, -0.05) is 0 Å². The average Bonchev–Trinajstić information content (AvgIpc) is 3.21. The number of hydrogen-bond donors (Lipinski definition) is 0. The number of carbonyl (C=O) groups excluding carboxylic acids is 1. The summed E-state index contributed by atoms with van der Waals surface area (Å²) in [5, 5.41) is 5.56. The fourth-order valence-corrected chi connectivity index (χ4v) is 5.22. The van der Waals surface area contributed by atoms with E-state index in [2.05, 4.69) is 20.0 Å². The zero-order chi connectivity index (χ0) is 17.3. The molecule has 3 aromatic heterocycles. The monoisotopic (exact) mass is 353 g/mol. The van der Waals surface area contributed by atoms with Crippen LogP contribution in [0.15, 0.2) is 12.3 Å². The van der Waals surface area contributed by atoms with Crippen molar-refractivity contribution in [3.8, 4) is 0 Å². The van der Waals surface area contributed by atoms with Crippen LogP contribution in [0.2, 0.25) is 0 Å². The maximum atomic E-state index is 13.2. The zero-order valence-corrected chi connectivity index (χ0v) is 15.3. The highest BCUT2D eigenvalue weighted by molar-refractivity contribution is 7.13. The van der Waals surface area contributed by atoms with Crippen LogP contribution in [0.5, 0.6) is 0 Å². The lowest BCUT2D eigenvalue weighted by Crippen LogP contribution is -2.42. The zero-order valence-electron chi connectivity index (χ0n) is 14.5. The van der Waals surface area contributed by atoms with E-state index in [0.29, 0.717) is 0 Å². The van der Waals surface area contributed by atoms with Crippen LogP contribution in [0.3, 0.4) is 0 Å². The maximum absolute atomic E-state index is 13.2. The SMILES string of the molecule is Cc1cc2ncc3c(n2n1)CC1CCC3N1C(=O)c1sc(C)nc1C. The minimum Gasteiger partial charge on any atom is -0.327 e. The quantitative estimate of drug-likeness (QED) is 0.675. The maximum Gasteiger partial charge on any atom is 0.266 e. The van der Waals surface area contributed by atoms with E-state index < -0.39 is 0 Å². The van der Waals surface area contributed by atoms with Crippen molar-refractivity contribution >= 4 is 22.9 Å². The number of rotatable bonds is 1. The van der Waals surface area contributed by atoms with Gasteiger partial charge >= 0.3 is 0 Å². The van der Waals surface area contributed by atoms with Gasteiger partial charge < -0.3 is 4.90 Å². The highest BCUT2D eigenvalue weighted by atomic mass is 32.1. The van der Waals surface area contributed by atoms with Gasteiger partial charge in [0, 0.05) is 30.3 Å². The first-order chi connectivity index (χ1) is 12.0. The smallest absolute Gasteiger partial charge is 0.266 e. The predicted molar refractivity (Wildman–Crippen MR) is 94.9 cm³/mol. The highest BCUT2D eigenvalue weighted by Crippen LogP contribution is 2.44. The summed E-state index contributed by atoms with van der Waals surface area (Å²) in [6, 6.07) is 2.34. The van der Waals surface area contributed by atoms with Crippen molar-refractivity contribution in [2.75, 3.05) is 0 Å². The normalized spacial score (nSPS) is 21.8. The third kappa shape index (κ3) is 2.08. The molecule has 3 aromatic rings. The first-order valence-electron chi connectivity index (χ1n) is 8.64. The summed E-state index contributed by atoms with van der Waals surface area (Å²) in [4.78, 5) is 25.1. The molecule has 1 amide bonds. The second-order valence-electron chi connectivity index (χ2n) is 7.03. The van der Waals surface area contributed by atoms with Gasteiger partial charge in [0.2, 0.25) is 0 Å². The summed E-state index contributed by atoms with van der Waals surface area (Å²) in [5.41, 5.74) is 5.07. The van der Waals surface area contributed by atoms with Gasteiger partial charge in [-0.3, -0.25) is 4.79 Å². The topological polar surface area (TPSA) is 63.4 Å². The molecule has 25 heavy (non-hydrogen) atoms. The van der Waals surface area contributed by atoms with Crippen molar-refractivity contribution in [1.29, 1.82) is 0 Å². The molecule has 2 aliphatic rings. The molecule has 5 rings (SSSR count). The lowest BCUT2D eigenvalue weighted by atomic mass is 9.99. The van der Waals surface area contributed by atoms with E-state index in [4.69, 9.17) is 0 Å². The Hall–Kier alpha value is -2.28. The van der Waals surface area contributed by atoms with E-state index in [0.717, 1.165) is 51.7 Å². The lowest BCUT2D eigenvalue weighted by Gasteiger charge is -2.36. The van der Waals surface area contributed by atoms with Crippen LogP contribution in [0.25, 0.3) is 5.65 Å². The third-order valence-corrected chi connectivity index (χ3v) is 6.42. The molecule has 1 fully saturated rings. The van der Waals surface area contributed by atoms with Gasteiger partial charge in [0.15, 0.2) is 5.65 Å². The van der Waals surface area contributed by atoms with E-state index in [1.807, 2.05) is 37.5 Å². The summed E-state index contributed by atoms with van der Waals surface area (Å²) >= 11 is 1.50. The Labute approximate surface area is 149 Å². The van der Waals surface area contributed by atoms with Crippen LogP contribution in [-0.2, 0) is 6.42 Å². The van der Waals surface area contributed by atoms with Crippen LogP contribution < -0.4 is 0 Å². The standard InChI is InChI=1S/C18H19N5OS/c1-9-6-16-19-8-13-14-5-4-12(7-15(13)23(16)21-9)22(14)18(24)17-10(2)20-11(3)25-17/h6,8,12,14H,4-5,7H2,1-3H3. The van der Waals surface area contributed by atoms with Crippen LogP contribution in [0.4, 0.5) is 0 Å².